The van der Waals surface area contributed by atoms with Crippen molar-refractivity contribution in [2.75, 3.05) is 26.2 Å². The zero-order valence-electron chi connectivity index (χ0n) is 10.7. The highest BCUT2D eigenvalue weighted by atomic mass is 32.1. The summed E-state index contributed by atoms with van der Waals surface area (Å²) in [6, 6.07) is 4.34. The first-order valence-corrected chi connectivity index (χ1v) is 7.51. The van der Waals surface area contributed by atoms with Crippen LogP contribution in [0.15, 0.2) is 12.1 Å². The Bertz CT molecular complexity index is 329. The van der Waals surface area contributed by atoms with Crippen LogP contribution in [0.25, 0.3) is 0 Å². The van der Waals surface area contributed by atoms with Crippen LogP contribution in [0.2, 0.25) is 0 Å². The molecule has 0 aliphatic carbocycles. The maximum absolute atomic E-state index is 9.57. The number of aryl methyl sites for hydroxylation is 1. The fraction of sp³-hybridized carbons (Fsp3) is 0.714. The van der Waals surface area contributed by atoms with E-state index in [4.69, 9.17) is 0 Å². The van der Waals surface area contributed by atoms with E-state index in [9.17, 15) is 5.11 Å². The van der Waals surface area contributed by atoms with Gasteiger partial charge < -0.3 is 10.0 Å². The minimum atomic E-state index is 0.274. The van der Waals surface area contributed by atoms with Gasteiger partial charge >= 0.3 is 0 Å². The van der Waals surface area contributed by atoms with Crippen molar-refractivity contribution in [3.63, 3.8) is 0 Å². The number of thiophene rings is 1. The Kier molecular flexibility index (Phi) is 5.01. The van der Waals surface area contributed by atoms with Crippen molar-refractivity contribution >= 4 is 11.3 Å². The van der Waals surface area contributed by atoms with E-state index >= 15 is 0 Å². The third-order valence-electron chi connectivity index (χ3n) is 3.56. The summed E-state index contributed by atoms with van der Waals surface area (Å²) < 4.78 is 0. The predicted octanol–water partition coefficient (Wildman–Crippen LogP) is 3.01. The van der Waals surface area contributed by atoms with Crippen LogP contribution in [0.5, 0.6) is 0 Å². The Morgan fingerprint density at radius 1 is 1.24 bits per heavy atom. The lowest BCUT2D eigenvalue weighted by Crippen LogP contribution is -2.30. The molecule has 0 bridgehead atoms. The van der Waals surface area contributed by atoms with E-state index in [1.165, 1.54) is 48.5 Å². The summed E-state index contributed by atoms with van der Waals surface area (Å²) in [5.74, 6) is 0.312. The molecule has 1 aromatic rings. The highest BCUT2D eigenvalue weighted by molar-refractivity contribution is 7.12. The Morgan fingerprint density at radius 2 is 1.94 bits per heavy atom. The van der Waals surface area contributed by atoms with Crippen molar-refractivity contribution in [3.8, 4) is 0 Å². The van der Waals surface area contributed by atoms with Crippen molar-refractivity contribution < 1.29 is 5.11 Å². The SMILES string of the molecule is Cc1ccc(C(CO)CN2CCCCCC2)s1. The van der Waals surface area contributed by atoms with Gasteiger partial charge in [-0.1, -0.05) is 12.8 Å². The van der Waals surface area contributed by atoms with Crippen molar-refractivity contribution in [3.05, 3.63) is 21.9 Å². The molecule has 3 heteroatoms. The minimum absolute atomic E-state index is 0.274. The van der Waals surface area contributed by atoms with Crippen LogP contribution in [-0.2, 0) is 0 Å². The van der Waals surface area contributed by atoms with Crippen LogP contribution in [0.1, 0.15) is 41.4 Å². The van der Waals surface area contributed by atoms with Crippen molar-refractivity contribution in [1.29, 1.82) is 0 Å². The largest absolute Gasteiger partial charge is 0.396 e. The van der Waals surface area contributed by atoms with Gasteiger partial charge in [0.2, 0.25) is 0 Å². The molecule has 2 nitrogen and oxygen atoms in total. The third kappa shape index (κ3) is 3.80. The first kappa shape index (κ1) is 13.1. The summed E-state index contributed by atoms with van der Waals surface area (Å²) in [6.45, 7) is 5.85. The van der Waals surface area contributed by atoms with E-state index in [1.807, 2.05) is 11.3 Å². The van der Waals surface area contributed by atoms with Gasteiger partial charge in [-0.25, -0.2) is 0 Å². The van der Waals surface area contributed by atoms with Gasteiger partial charge in [0.25, 0.3) is 0 Å². The Morgan fingerprint density at radius 3 is 2.47 bits per heavy atom. The molecule has 1 N–H and O–H groups in total. The fourth-order valence-corrected chi connectivity index (χ4v) is 3.50. The Balaban J connectivity index is 1.94. The number of aliphatic hydroxyl groups is 1. The second kappa shape index (κ2) is 6.53. The van der Waals surface area contributed by atoms with E-state index < -0.39 is 0 Å². The molecule has 0 amide bonds. The number of likely N-dealkylation sites (tertiary alicyclic amines) is 1. The fourth-order valence-electron chi connectivity index (χ4n) is 2.54. The van der Waals surface area contributed by atoms with Gasteiger partial charge in [0.15, 0.2) is 0 Å². The summed E-state index contributed by atoms with van der Waals surface area (Å²) in [7, 11) is 0. The molecular weight excluding hydrogens is 230 g/mol. The van der Waals surface area contributed by atoms with E-state index in [1.54, 1.807) is 0 Å². The average Bonchev–Trinajstić information content (AvgIpc) is 2.62. The lowest BCUT2D eigenvalue weighted by Gasteiger charge is -2.24. The van der Waals surface area contributed by atoms with Crippen molar-refractivity contribution in [1.82, 2.24) is 4.90 Å². The Labute approximate surface area is 108 Å². The second-order valence-corrected chi connectivity index (χ2v) is 6.36. The van der Waals surface area contributed by atoms with Gasteiger partial charge in [-0.15, -0.1) is 11.3 Å². The van der Waals surface area contributed by atoms with Crippen LogP contribution in [0.3, 0.4) is 0 Å². The lowest BCUT2D eigenvalue weighted by molar-refractivity contribution is 0.205. The average molecular weight is 253 g/mol. The molecule has 1 aliphatic heterocycles. The van der Waals surface area contributed by atoms with Gasteiger partial charge in [-0.2, -0.15) is 0 Å². The zero-order chi connectivity index (χ0) is 12.1. The second-order valence-electron chi connectivity index (χ2n) is 5.04. The number of hydrogen-bond acceptors (Lipinski definition) is 3. The van der Waals surface area contributed by atoms with Gasteiger partial charge in [0.05, 0.1) is 6.61 Å². The first-order chi connectivity index (χ1) is 8.29. The van der Waals surface area contributed by atoms with Crippen LogP contribution in [-0.4, -0.2) is 36.2 Å². The monoisotopic (exact) mass is 253 g/mol. The molecule has 17 heavy (non-hydrogen) atoms. The van der Waals surface area contributed by atoms with Crippen LogP contribution < -0.4 is 0 Å². The molecule has 2 heterocycles. The summed E-state index contributed by atoms with van der Waals surface area (Å²) >= 11 is 1.83. The van der Waals surface area contributed by atoms with Crippen LogP contribution in [0, 0.1) is 6.92 Å². The van der Waals surface area contributed by atoms with Crippen molar-refractivity contribution in [2.24, 2.45) is 0 Å². The molecular formula is C14H23NOS. The number of hydrogen-bond donors (Lipinski definition) is 1. The van der Waals surface area contributed by atoms with Crippen molar-refractivity contribution in [2.45, 2.75) is 38.5 Å². The van der Waals surface area contributed by atoms with E-state index in [-0.39, 0.29) is 6.61 Å². The smallest absolute Gasteiger partial charge is 0.0520 e. The van der Waals surface area contributed by atoms with E-state index in [0.29, 0.717) is 5.92 Å². The predicted molar refractivity (Wildman–Crippen MR) is 73.8 cm³/mol. The molecule has 0 aromatic carbocycles. The molecule has 0 spiro atoms. The third-order valence-corrected chi connectivity index (χ3v) is 4.72. The molecule has 2 rings (SSSR count). The van der Waals surface area contributed by atoms with Crippen LogP contribution >= 0.6 is 11.3 Å². The molecule has 1 aromatic heterocycles. The molecule has 96 valence electrons. The van der Waals surface area contributed by atoms with E-state index in [0.717, 1.165) is 6.54 Å². The maximum Gasteiger partial charge on any atom is 0.0520 e. The van der Waals surface area contributed by atoms with Gasteiger partial charge in [-0.3, -0.25) is 0 Å². The molecule has 0 radical (unpaired) electrons. The highest BCUT2D eigenvalue weighted by Gasteiger charge is 2.17. The summed E-state index contributed by atoms with van der Waals surface area (Å²) in [6.07, 6.45) is 5.39. The first-order valence-electron chi connectivity index (χ1n) is 6.69. The summed E-state index contributed by atoms with van der Waals surface area (Å²) in [4.78, 5) is 5.21. The quantitative estimate of drug-likeness (QED) is 0.891. The van der Waals surface area contributed by atoms with Gasteiger partial charge in [0.1, 0.15) is 0 Å². The zero-order valence-corrected chi connectivity index (χ0v) is 11.5. The Hall–Kier alpha value is -0.380. The minimum Gasteiger partial charge on any atom is -0.396 e. The molecule has 1 saturated heterocycles. The van der Waals surface area contributed by atoms with Gasteiger partial charge in [0, 0.05) is 22.2 Å². The summed E-state index contributed by atoms with van der Waals surface area (Å²) in [5, 5.41) is 9.57. The molecule has 1 unspecified atom stereocenters. The highest BCUT2D eigenvalue weighted by Crippen LogP contribution is 2.25. The van der Waals surface area contributed by atoms with Gasteiger partial charge in [-0.05, 0) is 45.0 Å². The standard InChI is InChI=1S/C14H23NOS/c1-12-6-7-14(17-12)13(11-16)10-15-8-4-2-3-5-9-15/h6-7,13,16H,2-5,8-11H2,1H3. The topological polar surface area (TPSA) is 23.5 Å². The molecule has 1 fully saturated rings. The summed E-state index contributed by atoms with van der Waals surface area (Å²) in [5.41, 5.74) is 0. The molecule has 1 aliphatic rings. The number of aliphatic hydroxyl groups excluding tert-OH is 1. The lowest BCUT2D eigenvalue weighted by atomic mass is 10.1. The number of rotatable bonds is 4. The van der Waals surface area contributed by atoms with E-state index in [2.05, 4.69) is 24.0 Å². The van der Waals surface area contributed by atoms with Crippen LogP contribution in [0.4, 0.5) is 0 Å². The molecule has 0 saturated carbocycles. The molecule has 1 atom stereocenters. The maximum atomic E-state index is 9.57. The number of nitrogens with zero attached hydrogens (tertiary/aromatic N) is 1. The normalized spacial score (nSPS) is 20.1.